The molecule has 1 N–H and O–H groups in total. The Balaban J connectivity index is 2.00. The van der Waals surface area contributed by atoms with Crippen LogP contribution in [0, 0.1) is 5.92 Å². The van der Waals surface area contributed by atoms with Crippen LogP contribution in [0.25, 0.3) is 0 Å². The number of benzene rings is 2. The van der Waals surface area contributed by atoms with Crippen LogP contribution in [0.1, 0.15) is 26.7 Å². The smallest absolute Gasteiger partial charge is 0.293 e. The fraction of sp³-hybridized carbons (Fsp3) is 0.316. The summed E-state index contributed by atoms with van der Waals surface area (Å²) in [7, 11) is 0. The first kappa shape index (κ1) is 15.8. The topological polar surface area (TPSA) is 38.3 Å². The van der Waals surface area contributed by atoms with Crippen molar-refractivity contribution in [2.24, 2.45) is 5.92 Å². The monoisotopic (exact) mass is 308 g/mol. The van der Waals surface area contributed by atoms with E-state index in [1.54, 1.807) is 0 Å². The molecule has 0 saturated carbocycles. The predicted molar refractivity (Wildman–Crippen MR) is 95.0 cm³/mol. The Morgan fingerprint density at radius 2 is 1.57 bits per heavy atom. The van der Waals surface area contributed by atoms with Crippen molar-refractivity contribution in [3.63, 3.8) is 0 Å². The van der Waals surface area contributed by atoms with Gasteiger partial charge >= 0.3 is 0 Å². The first-order valence-electron chi connectivity index (χ1n) is 8.42. The van der Waals surface area contributed by atoms with Gasteiger partial charge in [-0.25, -0.2) is 0 Å². The molecule has 1 saturated heterocycles. The molecule has 3 rings (SSSR count). The van der Waals surface area contributed by atoms with Gasteiger partial charge in [0.05, 0.1) is 6.04 Å². The molecule has 0 bridgehead atoms. The molecule has 1 heterocycles. The van der Waals surface area contributed by atoms with Gasteiger partial charge in [-0.3, -0.25) is 4.79 Å². The first-order chi connectivity index (χ1) is 11.2. The first-order valence-corrected chi connectivity index (χ1v) is 8.42. The molecule has 1 fully saturated rings. The molecule has 23 heavy (non-hydrogen) atoms. The fourth-order valence-corrected chi connectivity index (χ4v) is 3.34. The average Bonchev–Trinajstić information content (AvgIpc) is 2.94. The van der Waals surface area contributed by atoms with Crippen molar-refractivity contribution in [3.05, 3.63) is 60.7 Å². The van der Waals surface area contributed by atoms with E-state index in [4.69, 9.17) is 4.65 Å². The summed E-state index contributed by atoms with van der Waals surface area (Å²) in [6.07, 6.45) is 1.86. The highest BCUT2D eigenvalue weighted by Crippen LogP contribution is 2.20. The van der Waals surface area contributed by atoms with Gasteiger partial charge in [0, 0.05) is 0 Å². The molecule has 1 aliphatic rings. The Hall–Kier alpha value is -2.07. The fourth-order valence-electron chi connectivity index (χ4n) is 3.34. The summed E-state index contributed by atoms with van der Waals surface area (Å²) in [6.45, 7) is 2.62. The number of rotatable bonds is 5. The number of nitrogens with one attached hydrogen (secondary N) is 1. The normalized spacial score (nSPS) is 21.0. The summed E-state index contributed by atoms with van der Waals surface area (Å²) < 4.78 is 5.99. The van der Waals surface area contributed by atoms with Crippen LogP contribution in [0.2, 0.25) is 0 Å². The van der Waals surface area contributed by atoms with Crippen molar-refractivity contribution in [2.75, 3.05) is 0 Å². The molecule has 1 aliphatic heterocycles. The third kappa shape index (κ3) is 3.04. The second kappa shape index (κ2) is 6.59. The van der Waals surface area contributed by atoms with Gasteiger partial charge in [0.2, 0.25) is 0 Å². The van der Waals surface area contributed by atoms with Crippen LogP contribution in [-0.4, -0.2) is 18.5 Å². The Morgan fingerprint density at radius 1 is 1.04 bits per heavy atom. The highest BCUT2D eigenvalue weighted by molar-refractivity contribution is 6.97. The average molecular weight is 308 g/mol. The highest BCUT2D eigenvalue weighted by Gasteiger charge is 2.43. The minimum Gasteiger partial charge on any atom is -0.667 e. The third-order valence-corrected chi connectivity index (χ3v) is 4.89. The van der Waals surface area contributed by atoms with Crippen molar-refractivity contribution in [1.29, 1.82) is 0 Å². The van der Waals surface area contributed by atoms with Gasteiger partial charge in [-0.1, -0.05) is 80.9 Å². The van der Waals surface area contributed by atoms with Gasteiger partial charge < -0.3 is 9.88 Å². The van der Waals surface area contributed by atoms with Gasteiger partial charge in [0.1, 0.15) is 0 Å². The predicted octanol–water partition coefficient (Wildman–Crippen LogP) is 2.19. The number of carbonyl (C=O) groups is 1. The van der Waals surface area contributed by atoms with E-state index in [-0.39, 0.29) is 12.0 Å². The molecule has 0 aliphatic carbocycles. The minimum atomic E-state index is -1.70. The minimum absolute atomic E-state index is 0.141. The van der Waals surface area contributed by atoms with E-state index in [9.17, 15) is 4.79 Å². The van der Waals surface area contributed by atoms with Gasteiger partial charge in [-0.2, -0.15) is 0 Å². The van der Waals surface area contributed by atoms with Gasteiger partial charge in [0.25, 0.3) is 12.5 Å². The van der Waals surface area contributed by atoms with E-state index < -0.39 is 6.48 Å². The van der Waals surface area contributed by atoms with E-state index in [1.807, 2.05) is 60.7 Å². The third-order valence-electron chi connectivity index (χ3n) is 4.89. The number of hydrogen-bond donors (Lipinski definition) is 1. The highest BCUT2D eigenvalue weighted by atomic mass is 16.5. The Morgan fingerprint density at radius 3 is 2.04 bits per heavy atom. The zero-order chi connectivity index (χ0) is 16.3. The van der Waals surface area contributed by atoms with Gasteiger partial charge in [-0.15, -0.1) is 10.9 Å². The molecule has 3 nitrogen and oxygen atoms in total. The van der Waals surface area contributed by atoms with Crippen LogP contribution in [0.3, 0.4) is 0 Å². The summed E-state index contributed by atoms with van der Waals surface area (Å²) in [4.78, 5) is 12.5. The second-order valence-electron chi connectivity index (χ2n) is 6.51. The van der Waals surface area contributed by atoms with Crippen LogP contribution in [0.4, 0.5) is 0 Å². The maximum atomic E-state index is 12.5. The lowest BCUT2D eigenvalue weighted by Gasteiger charge is -2.37. The van der Waals surface area contributed by atoms with Gasteiger partial charge in [-0.05, 0) is 12.3 Å². The molecule has 0 radical (unpaired) electrons. The number of hydrogen-bond acceptors (Lipinski definition) is 3. The van der Waals surface area contributed by atoms with E-state index in [0.717, 1.165) is 23.8 Å². The van der Waals surface area contributed by atoms with Crippen LogP contribution in [0.15, 0.2) is 60.7 Å². The Labute approximate surface area is 138 Å². The molecular weight excluding hydrogens is 285 g/mol. The molecule has 0 aromatic heterocycles. The quantitative estimate of drug-likeness (QED) is 0.861. The Bertz CT molecular complexity index is 620. The number of carbonyl (C=O) groups excluding carboxylic acids is 1. The second-order valence-corrected chi connectivity index (χ2v) is 6.51. The van der Waals surface area contributed by atoms with Gasteiger partial charge in [0.15, 0.2) is 0 Å². The maximum Gasteiger partial charge on any atom is 0.293 e. The molecule has 2 aromatic carbocycles. The summed E-state index contributed by atoms with van der Waals surface area (Å²) in [5, 5.41) is 3.54. The molecule has 2 aromatic rings. The standard InChI is InChI=1S/C19H23BNO2/c1-3-15(2)14-18-19(22)23-20(21-18,16-10-6-4-7-11-16)17-12-8-5-9-13-17/h4-13,15,18,21H,3,14H2,1-2H3/q-1. The Kier molecular flexibility index (Phi) is 4.53. The molecule has 4 heteroatoms. The van der Waals surface area contributed by atoms with Crippen molar-refractivity contribution in [1.82, 2.24) is 5.23 Å². The lowest BCUT2D eigenvalue weighted by Crippen LogP contribution is -2.68. The van der Waals surface area contributed by atoms with Crippen molar-refractivity contribution in [2.45, 2.75) is 32.7 Å². The largest absolute Gasteiger partial charge is 0.667 e. The molecule has 120 valence electrons. The van der Waals surface area contributed by atoms with E-state index in [1.165, 1.54) is 0 Å². The molecule has 2 unspecified atom stereocenters. The van der Waals surface area contributed by atoms with E-state index in [2.05, 4.69) is 19.1 Å². The lowest BCUT2D eigenvalue weighted by atomic mass is 9.42. The SMILES string of the molecule is CCC(C)CC1N[B-](c2ccccc2)(c2ccccc2)OC1=O. The van der Waals surface area contributed by atoms with Crippen molar-refractivity contribution >= 4 is 23.4 Å². The molecule has 0 spiro atoms. The van der Waals surface area contributed by atoms with Crippen molar-refractivity contribution < 1.29 is 9.45 Å². The zero-order valence-corrected chi connectivity index (χ0v) is 13.7. The maximum absolute atomic E-state index is 12.5. The summed E-state index contributed by atoms with van der Waals surface area (Å²) in [5.74, 6) is 0.344. The van der Waals surface area contributed by atoms with E-state index >= 15 is 0 Å². The summed E-state index contributed by atoms with van der Waals surface area (Å²) in [6, 6.07) is 19.8. The molecule has 2 atom stereocenters. The molecule has 0 amide bonds. The van der Waals surface area contributed by atoms with Crippen LogP contribution in [0.5, 0.6) is 0 Å². The van der Waals surface area contributed by atoms with Crippen molar-refractivity contribution in [3.8, 4) is 0 Å². The lowest BCUT2D eigenvalue weighted by molar-refractivity contribution is -0.134. The molecular formula is C19H23BNO2-. The van der Waals surface area contributed by atoms with E-state index in [0.29, 0.717) is 5.92 Å². The zero-order valence-electron chi connectivity index (χ0n) is 13.7. The summed E-state index contributed by atoms with van der Waals surface area (Å²) in [5.41, 5.74) is 2.03. The van der Waals surface area contributed by atoms with Crippen LogP contribution in [-0.2, 0) is 9.45 Å². The summed E-state index contributed by atoms with van der Waals surface area (Å²) >= 11 is 0. The van der Waals surface area contributed by atoms with Crippen LogP contribution >= 0.6 is 0 Å². The van der Waals surface area contributed by atoms with Crippen LogP contribution < -0.4 is 16.2 Å².